The van der Waals surface area contributed by atoms with Gasteiger partial charge in [-0.05, 0) is 32.0 Å². The van der Waals surface area contributed by atoms with Crippen molar-refractivity contribution in [2.75, 3.05) is 0 Å². The average molecular weight is 213 g/mol. The van der Waals surface area contributed by atoms with Gasteiger partial charge in [-0.2, -0.15) is 5.26 Å². The van der Waals surface area contributed by atoms with E-state index in [0.29, 0.717) is 5.56 Å². The molecule has 0 aliphatic heterocycles. The summed E-state index contributed by atoms with van der Waals surface area (Å²) in [4.78, 5) is 19.0. The van der Waals surface area contributed by atoms with E-state index >= 15 is 0 Å². The van der Waals surface area contributed by atoms with Gasteiger partial charge in [0.2, 0.25) is 0 Å². The van der Waals surface area contributed by atoms with Crippen molar-refractivity contribution in [2.24, 2.45) is 5.41 Å². The molecule has 0 radical (unpaired) electrons. The fraction of sp³-hybridized carbons (Fsp3) is 0.250. The number of ketones is 1. The summed E-state index contributed by atoms with van der Waals surface area (Å²) in [5.74, 6) is -0.175. The van der Waals surface area contributed by atoms with E-state index in [2.05, 4.69) is 9.97 Å². The minimum Gasteiger partial charge on any atom is -0.345 e. The van der Waals surface area contributed by atoms with Gasteiger partial charge in [0.1, 0.15) is 5.41 Å². The monoisotopic (exact) mass is 213 g/mol. The van der Waals surface area contributed by atoms with Crippen LogP contribution in [0.4, 0.5) is 0 Å². The maximum Gasteiger partial charge on any atom is 0.182 e. The molecule has 1 N–H and O–H groups in total. The first-order valence-electron chi connectivity index (χ1n) is 4.94. The molecule has 0 saturated heterocycles. The molecule has 0 aliphatic carbocycles. The van der Waals surface area contributed by atoms with Crippen molar-refractivity contribution in [2.45, 2.75) is 13.8 Å². The molecule has 80 valence electrons. The maximum absolute atomic E-state index is 12.0. The number of rotatable bonds is 2. The number of H-pyrrole nitrogens is 1. The van der Waals surface area contributed by atoms with E-state index in [9.17, 15) is 4.79 Å². The van der Waals surface area contributed by atoms with Crippen molar-refractivity contribution in [1.82, 2.24) is 9.97 Å². The zero-order valence-corrected chi connectivity index (χ0v) is 9.11. The highest BCUT2D eigenvalue weighted by atomic mass is 16.1. The molecule has 0 unspecified atom stereocenters. The van der Waals surface area contributed by atoms with Gasteiger partial charge < -0.3 is 4.98 Å². The third kappa shape index (κ3) is 1.57. The van der Waals surface area contributed by atoms with Crippen molar-refractivity contribution in [3.8, 4) is 6.07 Å². The Kier molecular flexibility index (Phi) is 2.24. The lowest BCUT2D eigenvalue weighted by atomic mass is 9.86. The SMILES string of the molecule is CC(C)(C#N)C(=O)c1ccc2nc[nH]c2c1. The van der Waals surface area contributed by atoms with Crippen LogP contribution in [0.3, 0.4) is 0 Å². The smallest absolute Gasteiger partial charge is 0.182 e. The molecule has 0 bridgehead atoms. The van der Waals surface area contributed by atoms with Crippen LogP contribution in [0.25, 0.3) is 11.0 Å². The van der Waals surface area contributed by atoms with Gasteiger partial charge in [-0.25, -0.2) is 4.98 Å². The van der Waals surface area contributed by atoms with Crippen LogP contribution < -0.4 is 0 Å². The summed E-state index contributed by atoms with van der Waals surface area (Å²) < 4.78 is 0. The van der Waals surface area contributed by atoms with E-state index in [0.717, 1.165) is 11.0 Å². The number of nitriles is 1. The molecule has 0 aliphatic rings. The van der Waals surface area contributed by atoms with Gasteiger partial charge >= 0.3 is 0 Å². The van der Waals surface area contributed by atoms with Crippen LogP contribution in [0.1, 0.15) is 24.2 Å². The molecule has 0 spiro atoms. The Bertz CT molecular complexity index is 590. The minimum atomic E-state index is -0.992. The van der Waals surface area contributed by atoms with E-state index in [1.54, 1.807) is 38.4 Å². The molecule has 16 heavy (non-hydrogen) atoms. The summed E-state index contributed by atoms with van der Waals surface area (Å²) in [6, 6.07) is 7.20. The van der Waals surface area contributed by atoms with Crippen LogP contribution in [0.15, 0.2) is 24.5 Å². The first-order chi connectivity index (χ1) is 7.54. The Morgan fingerprint density at radius 1 is 1.50 bits per heavy atom. The predicted molar refractivity (Wildman–Crippen MR) is 59.8 cm³/mol. The first-order valence-corrected chi connectivity index (χ1v) is 4.94. The lowest BCUT2D eigenvalue weighted by molar-refractivity contribution is 0.0892. The number of benzene rings is 1. The second-order valence-electron chi connectivity index (χ2n) is 4.20. The zero-order valence-electron chi connectivity index (χ0n) is 9.11. The van der Waals surface area contributed by atoms with Gasteiger partial charge in [0.25, 0.3) is 0 Å². The molecule has 2 rings (SSSR count). The van der Waals surface area contributed by atoms with Crippen molar-refractivity contribution in [3.63, 3.8) is 0 Å². The summed E-state index contributed by atoms with van der Waals surface area (Å²) in [5.41, 5.74) is 1.16. The van der Waals surface area contributed by atoms with E-state index < -0.39 is 5.41 Å². The number of carbonyl (C=O) groups is 1. The molecule has 0 amide bonds. The standard InChI is InChI=1S/C12H11N3O/c1-12(2,6-13)11(16)8-3-4-9-10(5-8)15-7-14-9/h3-5,7H,1-2H3,(H,14,15). The number of imidazole rings is 1. The summed E-state index contributed by atoms with van der Waals surface area (Å²) >= 11 is 0. The Morgan fingerprint density at radius 2 is 2.25 bits per heavy atom. The van der Waals surface area contributed by atoms with Gasteiger partial charge in [-0.3, -0.25) is 4.79 Å². The molecular weight excluding hydrogens is 202 g/mol. The first kappa shape index (κ1) is 10.4. The number of aromatic nitrogens is 2. The number of Topliss-reactive ketones (excluding diaryl/α,β-unsaturated/α-hetero) is 1. The summed E-state index contributed by atoms with van der Waals surface area (Å²) in [7, 11) is 0. The van der Waals surface area contributed by atoms with Gasteiger partial charge in [0.15, 0.2) is 5.78 Å². The fourth-order valence-corrected chi connectivity index (χ4v) is 1.49. The molecule has 0 fully saturated rings. The van der Waals surface area contributed by atoms with E-state index in [4.69, 9.17) is 5.26 Å². The van der Waals surface area contributed by atoms with Crippen molar-refractivity contribution < 1.29 is 4.79 Å². The van der Waals surface area contributed by atoms with E-state index in [1.807, 2.05) is 6.07 Å². The van der Waals surface area contributed by atoms with Crippen LogP contribution in [-0.4, -0.2) is 15.8 Å². The van der Waals surface area contributed by atoms with Crippen LogP contribution in [0.2, 0.25) is 0 Å². The van der Waals surface area contributed by atoms with Gasteiger partial charge in [-0.15, -0.1) is 0 Å². The normalized spacial score (nSPS) is 11.3. The van der Waals surface area contributed by atoms with Crippen LogP contribution in [-0.2, 0) is 0 Å². The molecule has 1 aromatic heterocycles. The lowest BCUT2D eigenvalue weighted by Gasteiger charge is -2.13. The number of hydrogen-bond donors (Lipinski definition) is 1. The second kappa shape index (κ2) is 3.46. The number of aromatic amines is 1. The van der Waals surface area contributed by atoms with Gasteiger partial charge in [0, 0.05) is 5.56 Å². The zero-order chi connectivity index (χ0) is 11.8. The molecule has 4 heteroatoms. The third-order valence-electron chi connectivity index (χ3n) is 2.53. The molecule has 1 heterocycles. The summed E-state index contributed by atoms with van der Waals surface area (Å²) in [6.07, 6.45) is 1.58. The molecule has 0 saturated carbocycles. The van der Waals surface area contributed by atoms with Crippen molar-refractivity contribution in [1.29, 1.82) is 5.26 Å². The molecular formula is C12H11N3O. The number of nitrogens with one attached hydrogen (secondary N) is 1. The van der Waals surface area contributed by atoms with Gasteiger partial charge in [-0.1, -0.05) is 0 Å². The molecule has 1 aromatic carbocycles. The molecule has 4 nitrogen and oxygen atoms in total. The summed E-state index contributed by atoms with van der Waals surface area (Å²) in [6.45, 7) is 3.24. The fourth-order valence-electron chi connectivity index (χ4n) is 1.49. The Balaban J connectivity index is 2.49. The predicted octanol–water partition coefficient (Wildman–Crippen LogP) is 2.30. The minimum absolute atomic E-state index is 0.175. The van der Waals surface area contributed by atoms with Crippen LogP contribution in [0.5, 0.6) is 0 Å². The van der Waals surface area contributed by atoms with Crippen LogP contribution >= 0.6 is 0 Å². The molecule has 2 aromatic rings. The number of nitrogens with zero attached hydrogens (tertiary/aromatic N) is 2. The number of carbonyl (C=O) groups excluding carboxylic acids is 1. The van der Waals surface area contributed by atoms with E-state index in [1.165, 1.54) is 0 Å². The highest BCUT2D eigenvalue weighted by molar-refractivity contribution is 6.03. The maximum atomic E-state index is 12.0. The number of hydrogen-bond acceptors (Lipinski definition) is 3. The quantitative estimate of drug-likeness (QED) is 0.778. The van der Waals surface area contributed by atoms with Crippen LogP contribution in [0, 0.1) is 16.7 Å². The summed E-state index contributed by atoms with van der Waals surface area (Å²) in [5, 5.41) is 8.91. The van der Waals surface area contributed by atoms with Crippen molar-refractivity contribution >= 4 is 16.8 Å². The number of fused-ring (bicyclic) bond motifs is 1. The Morgan fingerprint density at radius 3 is 2.94 bits per heavy atom. The topological polar surface area (TPSA) is 69.5 Å². The second-order valence-corrected chi connectivity index (χ2v) is 4.20. The van der Waals surface area contributed by atoms with Gasteiger partial charge in [0.05, 0.1) is 23.4 Å². The largest absolute Gasteiger partial charge is 0.345 e. The lowest BCUT2D eigenvalue weighted by Crippen LogP contribution is -2.22. The highest BCUT2D eigenvalue weighted by Crippen LogP contribution is 2.22. The van der Waals surface area contributed by atoms with E-state index in [-0.39, 0.29) is 5.78 Å². The molecule has 0 atom stereocenters. The van der Waals surface area contributed by atoms with Crippen molar-refractivity contribution in [3.05, 3.63) is 30.1 Å². The highest BCUT2D eigenvalue weighted by Gasteiger charge is 2.28. The third-order valence-corrected chi connectivity index (χ3v) is 2.53. The Labute approximate surface area is 92.9 Å². The average Bonchev–Trinajstić information content (AvgIpc) is 2.74. The Hall–Kier alpha value is -2.15.